The quantitative estimate of drug-likeness (QED) is 0.770. The Labute approximate surface area is 92.4 Å². The molecule has 0 amide bonds. The molecule has 0 aliphatic carbocycles. The number of benzene rings is 1. The summed E-state index contributed by atoms with van der Waals surface area (Å²) in [5.41, 5.74) is 6.76. The molecule has 16 heavy (non-hydrogen) atoms. The first-order valence-corrected chi connectivity index (χ1v) is 5.05. The van der Waals surface area contributed by atoms with E-state index in [9.17, 15) is 5.21 Å². The first-order valence-electron chi connectivity index (χ1n) is 5.05. The van der Waals surface area contributed by atoms with E-state index in [-0.39, 0.29) is 10.9 Å². The van der Waals surface area contributed by atoms with Crippen LogP contribution < -0.4 is 11.0 Å². The monoisotopic (exact) mass is 221 g/mol. The van der Waals surface area contributed by atoms with Crippen molar-refractivity contribution in [1.82, 2.24) is 9.78 Å². The molecule has 1 aromatic carbocycles. The molecule has 1 aromatic heterocycles. The zero-order chi connectivity index (χ0) is 11.7. The van der Waals surface area contributed by atoms with Crippen LogP contribution >= 0.6 is 0 Å². The van der Waals surface area contributed by atoms with Crippen LogP contribution in [0.25, 0.3) is 10.9 Å². The molecule has 0 fully saturated rings. The average molecular weight is 221 g/mol. The second kappa shape index (κ2) is 3.99. The van der Waals surface area contributed by atoms with E-state index in [1.165, 1.54) is 12.1 Å². The average Bonchev–Trinajstić information content (AvgIpc) is 2.56. The molecule has 6 nitrogen and oxygen atoms in total. The Morgan fingerprint density at radius 3 is 2.94 bits per heavy atom. The smallest absolute Gasteiger partial charge is 0.153 e. The Morgan fingerprint density at radius 2 is 2.31 bits per heavy atom. The highest BCUT2D eigenvalue weighted by Crippen LogP contribution is 2.25. The molecule has 1 heterocycles. The van der Waals surface area contributed by atoms with Crippen molar-refractivity contribution in [1.29, 1.82) is 0 Å². The number of hydrogen-bond acceptors (Lipinski definition) is 5. The minimum absolute atomic E-state index is 0.148. The van der Waals surface area contributed by atoms with Gasteiger partial charge in [-0.1, -0.05) is 6.92 Å². The number of nitrogens with two attached hydrogens (primary N) is 1. The number of aromatic nitrogens is 2. The van der Waals surface area contributed by atoms with Crippen LogP contribution in [-0.2, 0) is 6.54 Å². The summed E-state index contributed by atoms with van der Waals surface area (Å²) in [7, 11) is 0. The van der Waals surface area contributed by atoms with E-state index >= 15 is 0 Å². The highest BCUT2D eigenvalue weighted by atomic mass is 16.8. The van der Waals surface area contributed by atoms with Crippen LogP contribution in [0.3, 0.4) is 0 Å². The zero-order valence-corrected chi connectivity index (χ0v) is 8.92. The van der Waals surface area contributed by atoms with Crippen molar-refractivity contribution in [2.24, 2.45) is 0 Å². The third kappa shape index (κ3) is 1.68. The van der Waals surface area contributed by atoms with Crippen molar-refractivity contribution in [3.63, 3.8) is 0 Å². The van der Waals surface area contributed by atoms with Gasteiger partial charge in [-0.15, -0.1) is 0 Å². The minimum Gasteiger partial charge on any atom is -0.733 e. The van der Waals surface area contributed by atoms with E-state index in [0.29, 0.717) is 11.2 Å². The molecule has 0 bridgehead atoms. The van der Waals surface area contributed by atoms with Crippen LogP contribution in [0.5, 0.6) is 0 Å². The zero-order valence-electron chi connectivity index (χ0n) is 8.92. The standard InChI is InChI=1S/C10H13N4O2/c1-2-5-13-9-4-3-7(14(15)16)6-8(9)10(11)12-13/h3-4,6,15H,2,5H2,1H3,(H2,11,12)/q-1. The van der Waals surface area contributed by atoms with Crippen molar-refractivity contribution in [3.8, 4) is 0 Å². The van der Waals surface area contributed by atoms with Gasteiger partial charge < -0.3 is 16.2 Å². The summed E-state index contributed by atoms with van der Waals surface area (Å²) >= 11 is 0. The molecule has 0 aliphatic heterocycles. The highest BCUT2D eigenvalue weighted by Gasteiger charge is 2.08. The van der Waals surface area contributed by atoms with Crippen molar-refractivity contribution in [2.75, 3.05) is 11.0 Å². The number of nitrogens with zero attached hydrogens (tertiary/aromatic N) is 3. The number of aryl methyl sites for hydroxylation is 1. The summed E-state index contributed by atoms with van der Waals surface area (Å²) in [5.74, 6) is 0.368. The SMILES string of the molecule is CCCn1nc(N)c2cc(N([O-])O)ccc21. The van der Waals surface area contributed by atoms with Gasteiger partial charge in [0.25, 0.3) is 0 Å². The largest absolute Gasteiger partial charge is 0.733 e. The van der Waals surface area contributed by atoms with Gasteiger partial charge in [0.2, 0.25) is 0 Å². The maximum Gasteiger partial charge on any atom is 0.153 e. The van der Waals surface area contributed by atoms with Gasteiger partial charge in [0, 0.05) is 11.9 Å². The number of fused-ring (bicyclic) bond motifs is 1. The van der Waals surface area contributed by atoms with Gasteiger partial charge in [-0.3, -0.25) is 9.89 Å². The number of hydrogen-bond donors (Lipinski definition) is 2. The Morgan fingerprint density at radius 1 is 1.56 bits per heavy atom. The summed E-state index contributed by atoms with van der Waals surface area (Å²) < 4.78 is 1.79. The third-order valence-electron chi connectivity index (χ3n) is 2.42. The van der Waals surface area contributed by atoms with E-state index in [2.05, 4.69) is 5.10 Å². The van der Waals surface area contributed by atoms with Gasteiger partial charge in [-0.2, -0.15) is 5.10 Å². The summed E-state index contributed by atoms with van der Waals surface area (Å²) in [6.07, 6.45) is 0.950. The van der Waals surface area contributed by atoms with Crippen molar-refractivity contribution >= 4 is 22.4 Å². The fraction of sp³-hybridized carbons (Fsp3) is 0.300. The summed E-state index contributed by atoms with van der Waals surface area (Å²) in [6.45, 7) is 2.82. The molecule has 0 unspecified atom stereocenters. The first kappa shape index (κ1) is 10.7. The van der Waals surface area contributed by atoms with Crippen LogP contribution in [0, 0.1) is 5.21 Å². The van der Waals surface area contributed by atoms with E-state index in [1.54, 1.807) is 10.7 Å². The minimum atomic E-state index is -0.184. The van der Waals surface area contributed by atoms with E-state index in [4.69, 9.17) is 10.9 Å². The normalized spacial score (nSPS) is 10.9. The van der Waals surface area contributed by atoms with Crippen molar-refractivity contribution in [3.05, 3.63) is 23.4 Å². The molecule has 0 saturated carbocycles. The fourth-order valence-corrected chi connectivity index (χ4v) is 1.69. The Balaban J connectivity index is 2.57. The molecular formula is C10H13N4O2-. The Bertz CT molecular complexity index is 507. The van der Waals surface area contributed by atoms with Crippen molar-refractivity contribution < 1.29 is 5.21 Å². The molecular weight excluding hydrogens is 208 g/mol. The van der Waals surface area contributed by atoms with Gasteiger partial charge in [0.05, 0.1) is 11.2 Å². The van der Waals surface area contributed by atoms with Crippen LogP contribution in [0.1, 0.15) is 13.3 Å². The number of nitrogen functional groups attached to an aromatic ring is 1. The van der Waals surface area contributed by atoms with Crippen LogP contribution in [-0.4, -0.2) is 15.0 Å². The van der Waals surface area contributed by atoms with Crippen LogP contribution in [0.2, 0.25) is 0 Å². The Hall–Kier alpha value is -1.79. The van der Waals surface area contributed by atoms with E-state index < -0.39 is 0 Å². The fourth-order valence-electron chi connectivity index (χ4n) is 1.69. The third-order valence-corrected chi connectivity index (χ3v) is 2.42. The number of rotatable bonds is 3. The maximum absolute atomic E-state index is 10.7. The van der Waals surface area contributed by atoms with E-state index in [1.807, 2.05) is 6.92 Å². The highest BCUT2D eigenvalue weighted by molar-refractivity contribution is 5.91. The van der Waals surface area contributed by atoms with Crippen LogP contribution in [0.15, 0.2) is 18.2 Å². The molecule has 0 atom stereocenters. The summed E-state index contributed by atoms with van der Waals surface area (Å²) in [4.78, 5) is 0. The lowest BCUT2D eigenvalue weighted by Gasteiger charge is -2.21. The predicted octanol–water partition coefficient (Wildman–Crippen LogP) is 1.72. The lowest BCUT2D eigenvalue weighted by atomic mass is 10.2. The molecule has 0 aliphatic rings. The topological polar surface area (TPSA) is 90.4 Å². The van der Waals surface area contributed by atoms with Gasteiger partial charge >= 0.3 is 0 Å². The predicted molar refractivity (Wildman–Crippen MR) is 62.1 cm³/mol. The van der Waals surface area contributed by atoms with Gasteiger partial charge in [-0.05, 0) is 24.6 Å². The number of anilines is 2. The lowest BCUT2D eigenvalue weighted by molar-refractivity contribution is 0.296. The molecule has 6 heteroatoms. The molecule has 0 radical (unpaired) electrons. The Kier molecular flexibility index (Phi) is 2.67. The molecule has 0 spiro atoms. The first-order chi connectivity index (χ1) is 7.63. The van der Waals surface area contributed by atoms with Gasteiger partial charge in [0.1, 0.15) is 0 Å². The molecule has 3 N–H and O–H groups in total. The lowest BCUT2D eigenvalue weighted by Crippen LogP contribution is -2.06. The molecule has 86 valence electrons. The molecule has 2 rings (SSSR count). The summed E-state index contributed by atoms with van der Waals surface area (Å²) in [5, 5.41) is 24.2. The van der Waals surface area contributed by atoms with Crippen LogP contribution in [0.4, 0.5) is 11.5 Å². The van der Waals surface area contributed by atoms with Crippen molar-refractivity contribution in [2.45, 2.75) is 19.9 Å². The van der Waals surface area contributed by atoms with Gasteiger partial charge in [0.15, 0.2) is 5.82 Å². The maximum atomic E-state index is 10.7. The van der Waals surface area contributed by atoms with E-state index in [0.717, 1.165) is 18.5 Å². The molecule has 2 aromatic rings. The molecule has 0 saturated heterocycles. The van der Waals surface area contributed by atoms with Gasteiger partial charge in [-0.25, -0.2) is 0 Å². The summed E-state index contributed by atoms with van der Waals surface area (Å²) in [6, 6.07) is 4.78. The second-order valence-electron chi connectivity index (χ2n) is 3.58. The second-order valence-corrected chi connectivity index (χ2v) is 3.58.